The summed E-state index contributed by atoms with van der Waals surface area (Å²) in [7, 11) is 1.53. The van der Waals surface area contributed by atoms with Crippen molar-refractivity contribution in [3.63, 3.8) is 0 Å². The van der Waals surface area contributed by atoms with Crippen LogP contribution in [0.5, 0.6) is 5.75 Å². The van der Waals surface area contributed by atoms with Crippen LogP contribution in [0, 0.1) is 0 Å². The largest absolute Gasteiger partial charge is 0.507 e. The molecule has 7 heteroatoms. The molecule has 2 heterocycles. The van der Waals surface area contributed by atoms with Gasteiger partial charge in [-0.3, -0.25) is 14.6 Å². The maximum Gasteiger partial charge on any atom is 0.295 e. The molecule has 1 aromatic heterocycles. The summed E-state index contributed by atoms with van der Waals surface area (Å²) >= 11 is 0. The van der Waals surface area contributed by atoms with E-state index < -0.39 is 17.7 Å². The van der Waals surface area contributed by atoms with Crippen molar-refractivity contribution in [3.05, 3.63) is 65.5 Å². The van der Waals surface area contributed by atoms with Crippen LogP contribution < -0.4 is 4.74 Å². The fourth-order valence-corrected chi connectivity index (χ4v) is 3.27. The van der Waals surface area contributed by atoms with E-state index in [1.165, 1.54) is 12.0 Å². The average Bonchev–Trinajstić information content (AvgIpc) is 3.01. The number of ketones is 1. The summed E-state index contributed by atoms with van der Waals surface area (Å²) in [5.41, 5.74) is 1.13. The van der Waals surface area contributed by atoms with Crippen molar-refractivity contribution in [1.29, 1.82) is 0 Å². The highest BCUT2D eigenvalue weighted by molar-refractivity contribution is 6.46. The van der Waals surface area contributed by atoms with Crippen LogP contribution in [0.4, 0.5) is 0 Å². The first-order chi connectivity index (χ1) is 14.1. The van der Waals surface area contributed by atoms with Gasteiger partial charge in [0.25, 0.3) is 11.7 Å². The second kappa shape index (κ2) is 9.34. The lowest BCUT2D eigenvalue weighted by atomic mass is 9.96. The maximum atomic E-state index is 12.8. The van der Waals surface area contributed by atoms with Gasteiger partial charge in [0.1, 0.15) is 11.5 Å². The Balaban J connectivity index is 2.03. The van der Waals surface area contributed by atoms with Crippen LogP contribution in [0.15, 0.2) is 54.4 Å². The number of rotatable bonds is 8. The minimum absolute atomic E-state index is 0.0429. The van der Waals surface area contributed by atoms with Crippen LogP contribution in [-0.4, -0.2) is 53.5 Å². The molecule has 1 fully saturated rings. The summed E-state index contributed by atoms with van der Waals surface area (Å²) in [5, 5.41) is 10.9. The lowest BCUT2D eigenvalue weighted by molar-refractivity contribution is -0.140. The number of nitrogens with zero attached hydrogens (tertiary/aromatic N) is 2. The van der Waals surface area contributed by atoms with Gasteiger partial charge in [0.15, 0.2) is 0 Å². The molecule has 0 aliphatic carbocycles. The average molecular weight is 396 g/mol. The molecule has 2 aromatic rings. The summed E-state index contributed by atoms with van der Waals surface area (Å²) in [6.07, 6.45) is 4.09. The number of carbonyl (C=O) groups is 2. The lowest BCUT2D eigenvalue weighted by Gasteiger charge is -2.24. The van der Waals surface area contributed by atoms with Crippen molar-refractivity contribution in [1.82, 2.24) is 9.88 Å². The Morgan fingerprint density at radius 1 is 1.17 bits per heavy atom. The number of carbonyl (C=O) groups excluding carboxylic acids is 2. The van der Waals surface area contributed by atoms with Crippen molar-refractivity contribution in [2.24, 2.45) is 0 Å². The Bertz CT molecular complexity index is 893. The predicted octanol–water partition coefficient (Wildman–Crippen LogP) is 2.94. The monoisotopic (exact) mass is 396 g/mol. The van der Waals surface area contributed by atoms with Crippen LogP contribution in [0.25, 0.3) is 5.76 Å². The highest BCUT2D eigenvalue weighted by Crippen LogP contribution is 2.39. The smallest absolute Gasteiger partial charge is 0.295 e. The van der Waals surface area contributed by atoms with Crippen molar-refractivity contribution in [2.75, 3.05) is 26.9 Å². The van der Waals surface area contributed by atoms with Gasteiger partial charge in [-0.2, -0.15) is 0 Å². The van der Waals surface area contributed by atoms with Gasteiger partial charge in [-0.05, 0) is 42.3 Å². The van der Waals surface area contributed by atoms with Crippen LogP contribution in [0.1, 0.15) is 30.5 Å². The Kier molecular flexibility index (Phi) is 6.61. The van der Waals surface area contributed by atoms with Gasteiger partial charge in [-0.15, -0.1) is 0 Å². The summed E-state index contributed by atoms with van der Waals surface area (Å²) < 4.78 is 10.6. The van der Waals surface area contributed by atoms with E-state index in [9.17, 15) is 14.7 Å². The predicted molar refractivity (Wildman–Crippen MR) is 107 cm³/mol. The minimum atomic E-state index is -0.727. The Morgan fingerprint density at radius 2 is 1.93 bits per heavy atom. The number of Topliss-reactive ketones (excluding diaryl/α,β-unsaturated/α-hetero) is 1. The Hall–Kier alpha value is -3.19. The topological polar surface area (TPSA) is 89.0 Å². The molecule has 152 valence electrons. The number of aliphatic hydroxyl groups excluding tert-OH is 1. The maximum absolute atomic E-state index is 12.8. The summed E-state index contributed by atoms with van der Waals surface area (Å²) in [4.78, 5) is 30.9. The second-order valence-corrected chi connectivity index (χ2v) is 6.64. The number of methoxy groups -OCH3 is 1. The number of hydrogen-bond donors (Lipinski definition) is 1. The molecule has 0 saturated carbocycles. The molecule has 1 aromatic carbocycles. The SMILES string of the molecule is CCCOc1ccc(C(O)=C2C(=O)C(=O)N(CCOC)[C@@H]2c2cccnc2)cc1. The standard InChI is InChI=1S/C22H24N2O5/c1-3-12-29-17-8-6-15(7-9-17)20(25)18-19(16-5-4-10-23-14-16)24(11-13-28-2)22(27)21(18)26/h4-10,14,19,25H,3,11-13H2,1-2H3/t19-/m1/s1. The third kappa shape index (κ3) is 4.30. The number of ether oxygens (including phenoxy) is 2. The summed E-state index contributed by atoms with van der Waals surface area (Å²) in [6, 6.07) is 9.57. The van der Waals surface area contributed by atoms with Crippen LogP contribution in [0.3, 0.4) is 0 Å². The number of benzene rings is 1. The van der Waals surface area contributed by atoms with Gasteiger partial charge in [0.2, 0.25) is 0 Å². The number of aromatic nitrogens is 1. The van der Waals surface area contributed by atoms with E-state index in [1.807, 2.05) is 6.92 Å². The molecule has 0 spiro atoms. The number of amides is 1. The molecular formula is C22H24N2O5. The third-order valence-electron chi connectivity index (χ3n) is 4.68. The highest BCUT2D eigenvalue weighted by atomic mass is 16.5. The molecule has 1 aliphatic heterocycles. The fourth-order valence-electron chi connectivity index (χ4n) is 3.27. The van der Waals surface area contributed by atoms with Crippen molar-refractivity contribution < 1.29 is 24.2 Å². The molecule has 1 aliphatic rings. The zero-order valence-electron chi connectivity index (χ0n) is 16.5. The third-order valence-corrected chi connectivity index (χ3v) is 4.68. The summed E-state index contributed by atoms with van der Waals surface area (Å²) in [5.74, 6) is -0.939. The second-order valence-electron chi connectivity index (χ2n) is 6.64. The fraction of sp³-hybridized carbons (Fsp3) is 0.318. The van der Waals surface area contributed by atoms with E-state index in [2.05, 4.69) is 4.98 Å². The van der Waals surface area contributed by atoms with E-state index in [0.717, 1.165) is 6.42 Å². The molecule has 1 saturated heterocycles. The van der Waals surface area contributed by atoms with E-state index >= 15 is 0 Å². The molecular weight excluding hydrogens is 372 g/mol. The van der Waals surface area contributed by atoms with Gasteiger partial charge >= 0.3 is 0 Å². The number of hydrogen-bond acceptors (Lipinski definition) is 6. The van der Waals surface area contributed by atoms with E-state index in [0.29, 0.717) is 23.5 Å². The van der Waals surface area contributed by atoms with Gasteiger partial charge in [0, 0.05) is 31.6 Å². The molecule has 0 unspecified atom stereocenters. The van der Waals surface area contributed by atoms with Gasteiger partial charge in [0.05, 0.1) is 24.8 Å². The molecule has 7 nitrogen and oxygen atoms in total. The minimum Gasteiger partial charge on any atom is -0.507 e. The number of likely N-dealkylation sites (tertiary alicyclic amines) is 1. The first-order valence-corrected chi connectivity index (χ1v) is 9.49. The first-order valence-electron chi connectivity index (χ1n) is 9.49. The van der Waals surface area contributed by atoms with Crippen LogP contribution in [-0.2, 0) is 14.3 Å². The number of pyridine rings is 1. The molecule has 1 N–H and O–H groups in total. The quantitative estimate of drug-likeness (QED) is 0.419. The zero-order valence-corrected chi connectivity index (χ0v) is 16.5. The molecule has 0 radical (unpaired) electrons. The van der Waals surface area contributed by atoms with Crippen molar-refractivity contribution in [2.45, 2.75) is 19.4 Å². The van der Waals surface area contributed by atoms with E-state index in [-0.39, 0.29) is 24.5 Å². The Labute approximate surface area is 169 Å². The lowest BCUT2D eigenvalue weighted by Crippen LogP contribution is -2.32. The van der Waals surface area contributed by atoms with Gasteiger partial charge in [-0.25, -0.2) is 0 Å². The van der Waals surface area contributed by atoms with Gasteiger partial charge in [-0.1, -0.05) is 13.0 Å². The molecule has 1 amide bonds. The first kappa shape index (κ1) is 20.5. The van der Waals surface area contributed by atoms with Gasteiger partial charge < -0.3 is 19.5 Å². The van der Waals surface area contributed by atoms with E-state index in [1.54, 1.807) is 48.8 Å². The van der Waals surface area contributed by atoms with Crippen LogP contribution >= 0.6 is 0 Å². The van der Waals surface area contributed by atoms with E-state index in [4.69, 9.17) is 9.47 Å². The molecule has 3 rings (SSSR count). The number of aliphatic hydroxyl groups is 1. The highest BCUT2D eigenvalue weighted by Gasteiger charge is 2.45. The Morgan fingerprint density at radius 3 is 2.55 bits per heavy atom. The zero-order chi connectivity index (χ0) is 20.8. The van der Waals surface area contributed by atoms with Crippen LogP contribution in [0.2, 0.25) is 0 Å². The molecule has 29 heavy (non-hydrogen) atoms. The summed E-state index contributed by atoms with van der Waals surface area (Å²) in [6.45, 7) is 3.10. The van der Waals surface area contributed by atoms with Crippen molar-refractivity contribution >= 4 is 17.4 Å². The molecule has 1 atom stereocenters. The molecule has 0 bridgehead atoms. The normalized spacial score (nSPS) is 18.3. The van der Waals surface area contributed by atoms with Crippen molar-refractivity contribution in [3.8, 4) is 5.75 Å².